The second kappa shape index (κ2) is 7.47. The molecule has 0 bridgehead atoms. The smallest absolute Gasteiger partial charge is 0.242 e. The molecule has 26 heavy (non-hydrogen) atoms. The molecule has 1 aliphatic rings. The number of hydrogen-bond donors (Lipinski definition) is 1. The molecule has 0 saturated heterocycles. The third kappa shape index (κ3) is 3.73. The molecule has 0 radical (unpaired) electrons. The number of carbonyl (C=O) groups excluding carboxylic acids is 1. The Morgan fingerprint density at radius 3 is 2.73 bits per heavy atom. The Morgan fingerprint density at radius 2 is 2.00 bits per heavy atom. The van der Waals surface area contributed by atoms with Gasteiger partial charge in [-0.15, -0.1) is 0 Å². The maximum Gasteiger partial charge on any atom is 0.242 e. The zero-order valence-corrected chi connectivity index (χ0v) is 15.7. The summed E-state index contributed by atoms with van der Waals surface area (Å²) in [6, 6.07) is 12.4. The molecule has 2 aromatic carbocycles. The number of ether oxygens (including phenoxy) is 1. The number of rotatable bonds is 5. The fourth-order valence-corrected chi connectivity index (χ4v) is 4.37. The van der Waals surface area contributed by atoms with Crippen LogP contribution >= 0.6 is 0 Å². The van der Waals surface area contributed by atoms with Crippen molar-refractivity contribution in [1.29, 1.82) is 0 Å². The Morgan fingerprint density at radius 1 is 1.23 bits per heavy atom. The fraction of sp³-hybridized carbons (Fsp3) is 0.316. The van der Waals surface area contributed by atoms with Gasteiger partial charge in [0, 0.05) is 12.2 Å². The number of amides is 1. The van der Waals surface area contributed by atoms with E-state index in [9.17, 15) is 13.2 Å². The van der Waals surface area contributed by atoms with Crippen LogP contribution < -0.4 is 14.4 Å². The predicted molar refractivity (Wildman–Crippen MR) is 100 cm³/mol. The molecule has 1 N–H and O–H groups in total. The normalized spacial score (nSPS) is 14.0. The monoisotopic (exact) mass is 374 g/mol. The summed E-state index contributed by atoms with van der Waals surface area (Å²) in [6.45, 7) is 2.01. The largest absolute Gasteiger partial charge is 0.497 e. The van der Waals surface area contributed by atoms with Crippen molar-refractivity contribution in [2.75, 3.05) is 25.1 Å². The molecule has 1 aliphatic heterocycles. The van der Waals surface area contributed by atoms with Crippen molar-refractivity contribution in [2.45, 2.75) is 24.7 Å². The lowest BCUT2D eigenvalue weighted by Crippen LogP contribution is -2.42. The lowest BCUT2D eigenvalue weighted by molar-refractivity contribution is -0.117. The minimum absolute atomic E-state index is 0.144. The highest BCUT2D eigenvalue weighted by Gasteiger charge is 2.24. The number of nitrogens with one attached hydrogen (secondary N) is 1. The summed E-state index contributed by atoms with van der Waals surface area (Å²) in [4.78, 5) is 14.4. The Kier molecular flexibility index (Phi) is 5.29. The SMILES string of the molecule is COc1ccc(S(=O)(=O)NCC(=O)N2CCCc3ccccc32)c(C)c1. The highest BCUT2D eigenvalue weighted by atomic mass is 32.2. The van der Waals surface area contributed by atoms with E-state index in [1.807, 2.05) is 24.3 Å². The summed E-state index contributed by atoms with van der Waals surface area (Å²) >= 11 is 0. The highest BCUT2D eigenvalue weighted by molar-refractivity contribution is 7.89. The van der Waals surface area contributed by atoms with Gasteiger partial charge in [-0.25, -0.2) is 13.1 Å². The molecular formula is C19H22N2O4S. The first-order valence-electron chi connectivity index (χ1n) is 8.45. The van der Waals surface area contributed by atoms with Crippen LogP contribution in [0.4, 0.5) is 5.69 Å². The number of methoxy groups -OCH3 is 1. The van der Waals surface area contributed by atoms with Gasteiger partial charge in [-0.1, -0.05) is 18.2 Å². The van der Waals surface area contributed by atoms with E-state index in [-0.39, 0.29) is 17.3 Å². The Balaban J connectivity index is 1.73. The molecule has 6 nitrogen and oxygen atoms in total. The van der Waals surface area contributed by atoms with Gasteiger partial charge in [0.1, 0.15) is 5.75 Å². The quantitative estimate of drug-likeness (QED) is 0.871. The first-order valence-corrected chi connectivity index (χ1v) is 9.93. The summed E-state index contributed by atoms with van der Waals surface area (Å²) in [6.07, 6.45) is 1.80. The van der Waals surface area contributed by atoms with E-state index >= 15 is 0 Å². The minimum Gasteiger partial charge on any atom is -0.497 e. The van der Waals surface area contributed by atoms with Crippen molar-refractivity contribution in [2.24, 2.45) is 0 Å². The first kappa shape index (κ1) is 18.4. The molecule has 0 saturated carbocycles. The van der Waals surface area contributed by atoms with Gasteiger partial charge < -0.3 is 9.64 Å². The van der Waals surface area contributed by atoms with E-state index in [0.717, 1.165) is 24.1 Å². The van der Waals surface area contributed by atoms with E-state index < -0.39 is 10.0 Å². The van der Waals surface area contributed by atoms with E-state index in [1.165, 1.54) is 13.2 Å². The van der Waals surface area contributed by atoms with E-state index in [0.29, 0.717) is 17.9 Å². The molecule has 0 unspecified atom stereocenters. The summed E-state index contributed by atoms with van der Waals surface area (Å²) in [5.74, 6) is 0.328. The van der Waals surface area contributed by atoms with Crippen LogP contribution in [0.5, 0.6) is 5.75 Å². The second-order valence-electron chi connectivity index (χ2n) is 6.23. The second-order valence-corrected chi connectivity index (χ2v) is 7.97. The van der Waals surface area contributed by atoms with Crippen molar-refractivity contribution >= 4 is 21.6 Å². The van der Waals surface area contributed by atoms with Gasteiger partial charge in [-0.2, -0.15) is 0 Å². The van der Waals surface area contributed by atoms with E-state index in [1.54, 1.807) is 24.0 Å². The van der Waals surface area contributed by atoms with Crippen LogP contribution in [0.25, 0.3) is 0 Å². The molecule has 0 spiro atoms. The number of aryl methyl sites for hydroxylation is 2. The zero-order valence-electron chi connectivity index (χ0n) is 14.9. The number of sulfonamides is 1. The third-order valence-corrected chi connectivity index (χ3v) is 6.06. The average molecular weight is 374 g/mol. The van der Waals surface area contributed by atoms with Crippen molar-refractivity contribution < 1.29 is 17.9 Å². The van der Waals surface area contributed by atoms with E-state index in [2.05, 4.69) is 4.72 Å². The lowest BCUT2D eigenvalue weighted by atomic mass is 10.0. The van der Waals surface area contributed by atoms with Gasteiger partial charge in [-0.05, 0) is 55.2 Å². The number of anilines is 1. The number of carbonyl (C=O) groups is 1. The molecule has 7 heteroatoms. The summed E-state index contributed by atoms with van der Waals surface area (Å²) < 4.78 is 32.6. The van der Waals surface area contributed by atoms with Gasteiger partial charge in [0.2, 0.25) is 15.9 Å². The molecule has 3 rings (SSSR count). The average Bonchev–Trinajstić information content (AvgIpc) is 2.65. The topological polar surface area (TPSA) is 75.7 Å². The van der Waals surface area contributed by atoms with Crippen LogP contribution in [-0.2, 0) is 21.2 Å². The van der Waals surface area contributed by atoms with Crippen molar-refractivity contribution in [3.8, 4) is 5.75 Å². The van der Waals surface area contributed by atoms with Crippen molar-refractivity contribution in [3.63, 3.8) is 0 Å². The minimum atomic E-state index is -3.78. The third-order valence-electron chi connectivity index (χ3n) is 4.50. The van der Waals surface area contributed by atoms with Gasteiger partial charge in [-0.3, -0.25) is 4.79 Å². The number of hydrogen-bond acceptors (Lipinski definition) is 4. The van der Waals surface area contributed by atoms with Gasteiger partial charge in [0.25, 0.3) is 0 Å². The van der Waals surface area contributed by atoms with Crippen LogP contribution in [0, 0.1) is 6.92 Å². The number of nitrogens with zero attached hydrogens (tertiary/aromatic N) is 1. The standard InChI is InChI=1S/C19H22N2O4S/c1-14-12-16(25-2)9-10-18(14)26(23,24)20-13-19(22)21-11-5-7-15-6-3-4-8-17(15)21/h3-4,6,8-10,12,20H,5,7,11,13H2,1-2H3. The lowest BCUT2D eigenvalue weighted by Gasteiger charge is -2.29. The fourth-order valence-electron chi connectivity index (χ4n) is 3.17. The molecule has 0 fully saturated rings. The summed E-state index contributed by atoms with van der Waals surface area (Å²) in [7, 11) is -2.26. The zero-order chi connectivity index (χ0) is 18.7. The first-order chi connectivity index (χ1) is 12.4. The van der Waals surface area contributed by atoms with Crippen molar-refractivity contribution in [3.05, 3.63) is 53.6 Å². The molecule has 138 valence electrons. The summed E-state index contributed by atoms with van der Waals surface area (Å²) in [5.41, 5.74) is 2.54. The van der Waals surface area contributed by atoms with Crippen LogP contribution in [0.3, 0.4) is 0 Å². The molecule has 2 aromatic rings. The Bertz CT molecular complexity index is 925. The molecule has 1 amide bonds. The van der Waals surface area contributed by atoms with Crippen LogP contribution in [0.1, 0.15) is 17.5 Å². The van der Waals surface area contributed by atoms with Gasteiger partial charge in [0.05, 0.1) is 18.6 Å². The highest BCUT2D eigenvalue weighted by Crippen LogP contribution is 2.26. The van der Waals surface area contributed by atoms with Gasteiger partial charge >= 0.3 is 0 Å². The Hall–Kier alpha value is -2.38. The number of benzene rings is 2. The van der Waals surface area contributed by atoms with Crippen LogP contribution in [-0.4, -0.2) is 34.5 Å². The molecular weight excluding hydrogens is 352 g/mol. The molecule has 1 heterocycles. The maximum atomic E-state index is 12.6. The Labute approximate surface area is 153 Å². The molecule has 0 aromatic heterocycles. The van der Waals surface area contributed by atoms with Crippen molar-refractivity contribution in [1.82, 2.24) is 4.72 Å². The predicted octanol–water partition coefficient (Wildman–Crippen LogP) is 2.26. The maximum absolute atomic E-state index is 12.6. The van der Waals surface area contributed by atoms with Crippen LogP contribution in [0.15, 0.2) is 47.4 Å². The van der Waals surface area contributed by atoms with Crippen LogP contribution in [0.2, 0.25) is 0 Å². The number of para-hydroxylation sites is 1. The molecule has 0 atom stereocenters. The molecule has 0 aliphatic carbocycles. The summed E-state index contributed by atoms with van der Waals surface area (Å²) in [5, 5.41) is 0. The van der Waals surface area contributed by atoms with Gasteiger partial charge in [0.15, 0.2) is 0 Å². The van der Waals surface area contributed by atoms with E-state index in [4.69, 9.17) is 4.74 Å². The number of fused-ring (bicyclic) bond motifs is 1.